The lowest BCUT2D eigenvalue weighted by atomic mass is 9.97. The molecule has 1 fully saturated rings. The number of piperidine rings is 1. The van der Waals surface area contributed by atoms with Gasteiger partial charge < -0.3 is 9.88 Å². The Hall–Kier alpha value is -2.32. The summed E-state index contributed by atoms with van der Waals surface area (Å²) in [6.45, 7) is 2.69. The Morgan fingerprint density at radius 3 is 2.83 bits per heavy atom. The van der Waals surface area contributed by atoms with Crippen molar-refractivity contribution in [2.45, 2.75) is 31.9 Å². The van der Waals surface area contributed by atoms with E-state index in [-0.39, 0.29) is 17.6 Å². The third-order valence-corrected chi connectivity index (χ3v) is 3.92. The first-order chi connectivity index (χ1) is 10.8. The smallest absolute Gasteiger partial charge is 0.338 e. The van der Waals surface area contributed by atoms with E-state index in [0.717, 1.165) is 11.9 Å². The van der Waals surface area contributed by atoms with Gasteiger partial charge in [-0.2, -0.15) is 18.3 Å². The number of aromatic amines is 2. The summed E-state index contributed by atoms with van der Waals surface area (Å²) < 4.78 is 37.9. The Morgan fingerprint density at radius 1 is 1.43 bits per heavy atom. The molecule has 3 heterocycles. The van der Waals surface area contributed by atoms with Crippen LogP contribution in [-0.2, 0) is 6.18 Å². The van der Waals surface area contributed by atoms with Gasteiger partial charge in [-0.1, -0.05) is 0 Å². The molecule has 1 amide bonds. The summed E-state index contributed by atoms with van der Waals surface area (Å²) in [7, 11) is 0. The molecule has 0 radical (unpaired) electrons. The summed E-state index contributed by atoms with van der Waals surface area (Å²) in [6, 6.07) is 1.65. The maximum Gasteiger partial charge on any atom is 0.432 e. The van der Waals surface area contributed by atoms with Gasteiger partial charge in [0, 0.05) is 24.7 Å². The molecule has 0 saturated carbocycles. The zero-order valence-electron chi connectivity index (χ0n) is 12.4. The number of aromatic nitrogens is 4. The minimum atomic E-state index is -4.44. The highest BCUT2D eigenvalue weighted by Gasteiger charge is 2.35. The fraction of sp³-hybridized carbons (Fsp3) is 0.500. The summed E-state index contributed by atoms with van der Waals surface area (Å²) in [5.41, 5.74) is 0.236. The standard InChI is InChI=1S/C14H16F3N5O/c1-8-5-10(21-20-8)13(23)22-4-2-3-9(7-22)12-18-6-11(19-12)14(15,16)17/h5-6,9H,2-4,7H2,1H3,(H,18,19)(H,20,21). The minimum absolute atomic E-state index is 0.221. The molecule has 9 heteroatoms. The molecule has 3 rings (SSSR count). The van der Waals surface area contributed by atoms with Crippen LogP contribution in [0.5, 0.6) is 0 Å². The first kappa shape index (κ1) is 15.6. The molecule has 0 bridgehead atoms. The van der Waals surface area contributed by atoms with Crippen LogP contribution >= 0.6 is 0 Å². The lowest BCUT2D eigenvalue weighted by molar-refractivity contribution is -0.141. The van der Waals surface area contributed by atoms with E-state index >= 15 is 0 Å². The molecule has 2 N–H and O–H groups in total. The van der Waals surface area contributed by atoms with E-state index in [1.54, 1.807) is 17.9 Å². The highest BCUT2D eigenvalue weighted by molar-refractivity contribution is 5.92. The summed E-state index contributed by atoms with van der Waals surface area (Å²) in [6.07, 6.45) is -2.24. The van der Waals surface area contributed by atoms with Gasteiger partial charge in [0.25, 0.3) is 5.91 Å². The fourth-order valence-electron chi connectivity index (χ4n) is 2.76. The Labute approximate surface area is 130 Å². The second-order valence-electron chi connectivity index (χ2n) is 5.71. The number of carbonyl (C=O) groups is 1. The second-order valence-corrected chi connectivity index (χ2v) is 5.71. The minimum Gasteiger partial charge on any atom is -0.338 e. The van der Waals surface area contributed by atoms with Crippen molar-refractivity contribution in [3.8, 4) is 0 Å². The molecular weight excluding hydrogens is 311 g/mol. The molecule has 1 unspecified atom stereocenters. The first-order valence-corrected chi connectivity index (χ1v) is 7.28. The quantitative estimate of drug-likeness (QED) is 0.889. The number of hydrogen-bond acceptors (Lipinski definition) is 3. The number of nitrogens with zero attached hydrogens (tertiary/aromatic N) is 3. The van der Waals surface area contributed by atoms with Gasteiger partial charge in [0.2, 0.25) is 0 Å². The first-order valence-electron chi connectivity index (χ1n) is 7.28. The average Bonchev–Trinajstić information content (AvgIpc) is 3.15. The summed E-state index contributed by atoms with van der Waals surface area (Å²) in [4.78, 5) is 20.2. The molecule has 23 heavy (non-hydrogen) atoms. The molecule has 1 aliphatic rings. The number of carbonyl (C=O) groups excluding carboxylic acids is 1. The van der Waals surface area contributed by atoms with Crippen LogP contribution in [0.3, 0.4) is 0 Å². The van der Waals surface area contributed by atoms with Gasteiger partial charge in [-0.15, -0.1) is 0 Å². The number of alkyl halides is 3. The normalized spacial score (nSPS) is 19.1. The SMILES string of the molecule is Cc1cc(C(=O)N2CCCC(c3ncc(C(F)(F)F)[nH]3)C2)n[nH]1. The zero-order valence-corrected chi connectivity index (χ0v) is 12.4. The maximum atomic E-state index is 12.6. The van der Waals surface area contributed by atoms with Crippen LogP contribution in [0.2, 0.25) is 0 Å². The second kappa shape index (κ2) is 5.71. The maximum absolute atomic E-state index is 12.6. The molecule has 124 valence electrons. The van der Waals surface area contributed by atoms with E-state index in [0.29, 0.717) is 31.6 Å². The Kier molecular flexibility index (Phi) is 3.87. The number of halogens is 3. The number of nitrogens with one attached hydrogen (secondary N) is 2. The third-order valence-electron chi connectivity index (χ3n) is 3.92. The predicted octanol–water partition coefficient (Wildman–Crippen LogP) is 2.48. The average molecular weight is 327 g/mol. The lowest BCUT2D eigenvalue weighted by Crippen LogP contribution is -2.39. The van der Waals surface area contributed by atoms with Crippen molar-refractivity contribution in [1.82, 2.24) is 25.1 Å². The van der Waals surface area contributed by atoms with E-state index in [2.05, 4.69) is 20.2 Å². The lowest BCUT2D eigenvalue weighted by Gasteiger charge is -2.31. The Balaban J connectivity index is 1.73. The van der Waals surface area contributed by atoms with Crippen molar-refractivity contribution in [3.63, 3.8) is 0 Å². The van der Waals surface area contributed by atoms with Gasteiger partial charge in [0.1, 0.15) is 17.2 Å². The molecule has 1 aliphatic heterocycles. The van der Waals surface area contributed by atoms with Crippen molar-refractivity contribution >= 4 is 5.91 Å². The molecule has 1 saturated heterocycles. The summed E-state index contributed by atoms with van der Waals surface area (Å²) in [5, 5.41) is 6.65. The molecule has 0 aromatic carbocycles. The van der Waals surface area contributed by atoms with Crippen LogP contribution in [0, 0.1) is 6.92 Å². The van der Waals surface area contributed by atoms with Crippen LogP contribution in [0.4, 0.5) is 13.2 Å². The largest absolute Gasteiger partial charge is 0.432 e. The van der Waals surface area contributed by atoms with Crippen molar-refractivity contribution < 1.29 is 18.0 Å². The van der Waals surface area contributed by atoms with Gasteiger partial charge in [-0.05, 0) is 25.8 Å². The highest BCUT2D eigenvalue weighted by atomic mass is 19.4. The summed E-state index contributed by atoms with van der Waals surface area (Å²) >= 11 is 0. The summed E-state index contributed by atoms with van der Waals surface area (Å²) in [5.74, 6) is -0.182. The highest BCUT2D eigenvalue weighted by Crippen LogP contribution is 2.31. The predicted molar refractivity (Wildman–Crippen MR) is 74.8 cm³/mol. The van der Waals surface area contributed by atoms with Crippen LogP contribution in [0.25, 0.3) is 0 Å². The Morgan fingerprint density at radius 2 is 2.22 bits per heavy atom. The van der Waals surface area contributed by atoms with E-state index in [1.165, 1.54) is 0 Å². The van der Waals surface area contributed by atoms with Gasteiger partial charge >= 0.3 is 6.18 Å². The number of amides is 1. The van der Waals surface area contributed by atoms with E-state index in [4.69, 9.17) is 0 Å². The van der Waals surface area contributed by atoms with E-state index in [9.17, 15) is 18.0 Å². The molecule has 2 aromatic rings. The van der Waals surface area contributed by atoms with Crippen molar-refractivity contribution in [2.75, 3.05) is 13.1 Å². The Bertz CT molecular complexity index is 705. The van der Waals surface area contributed by atoms with Gasteiger partial charge in [-0.25, -0.2) is 4.98 Å². The van der Waals surface area contributed by atoms with E-state index in [1.807, 2.05) is 0 Å². The van der Waals surface area contributed by atoms with Gasteiger partial charge in [-0.3, -0.25) is 9.89 Å². The molecule has 1 atom stereocenters. The van der Waals surface area contributed by atoms with Gasteiger partial charge in [0.05, 0.1) is 6.20 Å². The number of H-pyrrole nitrogens is 2. The zero-order chi connectivity index (χ0) is 16.6. The van der Waals surface area contributed by atoms with Crippen molar-refractivity contribution in [2.24, 2.45) is 0 Å². The fourth-order valence-corrected chi connectivity index (χ4v) is 2.76. The number of likely N-dealkylation sites (tertiary alicyclic amines) is 1. The third kappa shape index (κ3) is 3.22. The van der Waals surface area contributed by atoms with Crippen LogP contribution in [0.15, 0.2) is 12.3 Å². The number of rotatable bonds is 2. The molecule has 6 nitrogen and oxygen atoms in total. The molecule has 0 aliphatic carbocycles. The number of aryl methyl sites for hydroxylation is 1. The van der Waals surface area contributed by atoms with Gasteiger partial charge in [0.15, 0.2) is 0 Å². The van der Waals surface area contributed by atoms with Crippen LogP contribution in [-0.4, -0.2) is 44.1 Å². The monoisotopic (exact) mass is 327 g/mol. The van der Waals surface area contributed by atoms with Crippen molar-refractivity contribution in [3.05, 3.63) is 35.2 Å². The van der Waals surface area contributed by atoms with Crippen LogP contribution in [0.1, 0.15) is 46.5 Å². The molecule has 2 aromatic heterocycles. The number of hydrogen-bond donors (Lipinski definition) is 2. The topological polar surface area (TPSA) is 77.7 Å². The molecule has 0 spiro atoms. The van der Waals surface area contributed by atoms with E-state index < -0.39 is 11.9 Å². The molecular formula is C14H16F3N5O. The van der Waals surface area contributed by atoms with Crippen LogP contribution < -0.4 is 0 Å². The number of imidazole rings is 1. The van der Waals surface area contributed by atoms with Crippen molar-refractivity contribution in [1.29, 1.82) is 0 Å².